The number of hydrogen-bond acceptors (Lipinski definition) is 6. The third kappa shape index (κ3) is 2.13. The topological polar surface area (TPSA) is 121 Å². The molecular formula is C6H14O6. The molecule has 0 saturated carbocycles. The molecule has 0 aromatic rings. The second-order valence-corrected chi connectivity index (χ2v) is 2.55. The first-order valence-electron chi connectivity index (χ1n) is 3.44. The fourth-order valence-corrected chi connectivity index (χ4v) is 0.749. The molecule has 0 rings (SSSR count). The Bertz CT molecular complexity index is 117. The van der Waals surface area contributed by atoms with Gasteiger partial charge in [0.1, 0.15) is 17.8 Å². The van der Waals surface area contributed by atoms with Crippen LogP contribution < -0.4 is 0 Å². The molecule has 0 aromatic heterocycles. The van der Waals surface area contributed by atoms with Gasteiger partial charge in [0.25, 0.3) is 0 Å². The number of rotatable bonds is 5. The molecule has 6 N–H and O–H groups in total. The third-order valence-electron chi connectivity index (χ3n) is 1.75. The molecule has 0 fully saturated rings. The van der Waals surface area contributed by atoms with E-state index in [9.17, 15) is 5.11 Å². The van der Waals surface area contributed by atoms with Crippen LogP contribution in [0.5, 0.6) is 0 Å². The van der Waals surface area contributed by atoms with Gasteiger partial charge in [0.15, 0.2) is 0 Å². The van der Waals surface area contributed by atoms with Gasteiger partial charge in [-0.1, -0.05) is 0 Å². The summed E-state index contributed by atoms with van der Waals surface area (Å²) in [4.78, 5) is 0. The molecule has 0 bridgehead atoms. The Morgan fingerprint density at radius 3 is 1.42 bits per heavy atom. The summed E-state index contributed by atoms with van der Waals surface area (Å²) in [5, 5.41) is 52.6. The minimum atomic E-state index is -2.27. The lowest BCUT2D eigenvalue weighted by molar-refractivity contribution is -0.185. The van der Waals surface area contributed by atoms with Crippen LogP contribution in [0.15, 0.2) is 0 Å². The molecular weight excluding hydrogens is 168 g/mol. The minimum absolute atomic E-state index is 0.811. The fraction of sp³-hybridized carbons (Fsp3) is 1.00. The van der Waals surface area contributed by atoms with Crippen molar-refractivity contribution in [1.82, 2.24) is 0 Å². The van der Waals surface area contributed by atoms with Gasteiger partial charge in [-0.15, -0.1) is 0 Å². The van der Waals surface area contributed by atoms with E-state index in [2.05, 4.69) is 0 Å². The largest absolute Gasteiger partial charge is 0.394 e. The van der Waals surface area contributed by atoms with E-state index in [4.69, 9.17) is 25.5 Å². The Kier molecular flexibility index (Phi) is 4.61. The predicted octanol–water partition coefficient (Wildman–Crippen LogP) is -3.58. The first-order valence-corrected chi connectivity index (χ1v) is 3.44. The Morgan fingerprint density at radius 1 is 0.917 bits per heavy atom. The number of hydrogen-bond donors (Lipinski definition) is 6. The fourth-order valence-electron chi connectivity index (χ4n) is 0.749. The van der Waals surface area contributed by atoms with Gasteiger partial charge < -0.3 is 30.6 Å². The standard InChI is InChI=1S/C6H14O6/c7-1-4(10)6(12,3-9)5(11)2-8/h4-5,7-12H,1-3H2/t4-,5-/m1/s1. The molecule has 0 amide bonds. The summed E-state index contributed by atoms with van der Waals surface area (Å²) in [5.74, 6) is 0. The SMILES string of the molecule is OC[C@@H](O)C(O)(CO)[C@H](O)CO. The molecule has 6 heteroatoms. The summed E-state index contributed by atoms with van der Waals surface area (Å²) in [6.45, 7) is -2.57. The predicted molar refractivity (Wildman–Crippen MR) is 38.2 cm³/mol. The van der Waals surface area contributed by atoms with Crippen molar-refractivity contribution in [2.75, 3.05) is 19.8 Å². The van der Waals surface area contributed by atoms with Crippen LogP contribution in [0.25, 0.3) is 0 Å². The second kappa shape index (κ2) is 4.70. The molecule has 6 nitrogen and oxygen atoms in total. The van der Waals surface area contributed by atoms with Crippen LogP contribution in [0, 0.1) is 0 Å². The van der Waals surface area contributed by atoms with Gasteiger partial charge >= 0.3 is 0 Å². The van der Waals surface area contributed by atoms with E-state index in [1.54, 1.807) is 0 Å². The van der Waals surface area contributed by atoms with E-state index in [0.717, 1.165) is 0 Å². The average molecular weight is 182 g/mol. The molecule has 74 valence electrons. The highest BCUT2D eigenvalue weighted by Crippen LogP contribution is 2.14. The van der Waals surface area contributed by atoms with Gasteiger partial charge in [0.2, 0.25) is 0 Å². The highest BCUT2D eigenvalue weighted by Gasteiger charge is 2.41. The maximum absolute atomic E-state index is 9.29. The maximum atomic E-state index is 9.29. The van der Waals surface area contributed by atoms with E-state index >= 15 is 0 Å². The third-order valence-corrected chi connectivity index (χ3v) is 1.75. The lowest BCUT2D eigenvalue weighted by Gasteiger charge is -2.33. The number of aliphatic hydroxyl groups is 6. The van der Waals surface area contributed by atoms with Gasteiger partial charge in [-0.3, -0.25) is 0 Å². The lowest BCUT2D eigenvalue weighted by Crippen LogP contribution is -2.57. The molecule has 0 spiro atoms. The van der Waals surface area contributed by atoms with Crippen molar-refractivity contribution in [3.05, 3.63) is 0 Å². The average Bonchev–Trinajstić information content (AvgIpc) is 2.13. The Labute approximate surface area is 69.3 Å². The zero-order valence-electron chi connectivity index (χ0n) is 6.46. The van der Waals surface area contributed by atoms with Gasteiger partial charge in [0, 0.05) is 0 Å². The van der Waals surface area contributed by atoms with Gasteiger partial charge in [-0.05, 0) is 0 Å². The smallest absolute Gasteiger partial charge is 0.144 e. The molecule has 0 aromatic carbocycles. The summed E-state index contributed by atoms with van der Waals surface area (Å²) in [6.07, 6.45) is -3.38. The Balaban J connectivity index is 4.42. The van der Waals surface area contributed by atoms with E-state index in [1.165, 1.54) is 0 Å². The van der Waals surface area contributed by atoms with Gasteiger partial charge in [-0.2, -0.15) is 0 Å². The zero-order valence-corrected chi connectivity index (χ0v) is 6.46. The van der Waals surface area contributed by atoms with Crippen LogP contribution in [0.1, 0.15) is 0 Å². The molecule has 0 aliphatic carbocycles. The quantitative estimate of drug-likeness (QED) is 0.261. The zero-order chi connectivity index (χ0) is 9.78. The molecule has 0 saturated heterocycles. The molecule has 0 unspecified atom stereocenters. The van der Waals surface area contributed by atoms with Crippen LogP contribution in [-0.4, -0.2) is 68.3 Å². The van der Waals surface area contributed by atoms with E-state index in [1.807, 2.05) is 0 Å². The Hall–Kier alpha value is -0.240. The molecule has 2 atom stereocenters. The molecule has 0 heterocycles. The lowest BCUT2D eigenvalue weighted by atomic mass is 9.92. The van der Waals surface area contributed by atoms with Crippen molar-refractivity contribution in [1.29, 1.82) is 0 Å². The van der Waals surface area contributed by atoms with E-state index in [0.29, 0.717) is 0 Å². The van der Waals surface area contributed by atoms with Crippen molar-refractivity contribution in [3.63, 3.8) is 0 Å². The van der Waals surface area contributed by atoms with Crippen LogP contribution in [-0.2, 0) is 0 Å². The van der Waals surface area contributed by atoms with Crippen molar-refractivity contribution in [2.24, 2.45) is 0 Å². The summed E-state index contributed by atoms with van der Waals surface area (Å²) in [6, 6.07) is 0. The normalized spacial score (nSPS) is 17.5. The molecule has 0 aliphatic rings. The second-order valence-electron chi connectivity index (χ2n) is 2.55. The van der Waals surface area contributed by atoms with Crippen molar-refractivity contribution in [2.45, 2.75) is 17.8 Å². The summed E-state index contributed by atoms with van der Waals surface area (Å²) in [5.41, 5.74) is -2.27. The first kappa shape index (κ1) is 11.8. The van der Waals surface area contributed by atoms with Crippen LogP contribution in [0.3, 0.4) is 0 Å². The summed E-state index contributed by atoms with van der Waals surface area (Å²) in [7, 11) is 0. The van der Waals surface area contributed by atoms with Gasteiger partial charge in [-0.25, -0.2) is 0 Å². The molecule has 12 heavy (non-hydrogen) atoms. The first-order chi connectivity index (χ1) is 5.52. The van der Waals surface area contributed by atoms with Crippen molar-refractivity contribution in [3.8, 4) is 0 Å². The van der Waals surface area contributed by atoms with Crippen LogP contribution in [0.2, 0.25) is 0 Å². The maximum Gasteiger partial charge on any atom is 0.144 e. The molecule has 0 aliphatic heterocycles. The highest BCUT2D eigenvalue weighted by atomic mass is 16.4. The Morgan fingerprint density at radius 2 is 1.25 bits per heavy atom. The van der Waals surface area contributed by atoms with Crippen molar-refractivity contribution >= 4 is 0 Å². The highest BCUT2D eigenvalue weighted by molar-refractivity contribution is 4.92. The number of aliphatic hydroxyl groups excluding tert-OH is 5. The minimum Gasteiger partial charge on any atom is -0.394 e. The van der Waals surface area contributed by atoms with E-state index in [-0.39, 0.29) is 0 Å². The summed E-state index contributed by atoms with van der Waals surface area (Å²) < 4.78 is 0. The van der Waals surface area contributed by atoms with Gasteiger partial charge in [0.05, 0.1) is 19.8 Å². The van der Waals surface area contributed by atoms with Crippen LogP contribution in [0.4, 0.5) is 0 Å². The van der Waals surface area contributed by atoms with Crippen LogP contribution >= 0.6 is 0 Å². The van der Waals surface area contributed by atoms with Crippen molar-refractivity contribution < 1.29 is 30.6 Å². The van der Waals surface area contributed by atoms with E-state index < -0.39 is 37.6 Å². The molecule has 0 radical (unpaired) electrons. The summed E-state index contributed by atoms with van der Waals surface area (Å²) >= 11 is 0. The monoisotopic (exact) mass is 182 g/mol.